The molecular weight excluding hydrogens is 502 g/mol. The summed E-state index contributed by atoms with van der Waals surface area (Å²) in [6.07, 6.45) is 2.23. The Labute approximate surface area is 228 Å². The zero-order chi connectivity index (χ0) is 27.5. The Morgan fingerprint density at radius 2 is 1.76 bits per heavy atom. The molecule has 8 nitrogen and oxygen atoms in total. The first kappa shape index (κ1) is 28.6. The van der Waals surface area contributed by atoms with Gasteiger partial charge in [-0.05, 0) is 55.3 Å². The average Bonchev–Trinajstić information content (AvgIpc) is 3.34. The van der Waals surface area contributed by atoms with Gasteiger partial charge in [-0.15, -0.1) is 17.9 Å². The molecule has 0 bridgehead atoms. The van der Waals surface area contributed by atoms with Crippen LogP contribution in [-0.2, 0) is 17.8 Å². The maximum Gasteiger partial charge on any atom is 0.322 e. The number of carbonyl (C=O) groups is 2. The first-order valence-corrected chi connectivity index (χ1v) is 13.0. The number of nitrogens with one attached hydrogen (secondary N) is 1. The molecule has 0 unspecified atom stereocenters. The normalized spacial score (nSPS) is 10.4. The van der Waals surface area contributed by atoms with Gasteiger partial charge in [0.05, 0.1) is 27.9 Å². The molecule has 1 N–H and O–H groups in total. The van der Waals surface area contributed by atoms with Crippen molar-refractivity contribution >= 4 is 29.0 Å². The molecule has 3 aromatic rings. The lowest BCUT2D eigenvalue weighted by molar-refractivity contribution is -0.132. The number of hydrogen-bond acceptors (Lipinski definition) is 6. The summed E-state index contributed by atoms with van der Waals surface area (Å²) >= 11 is 1.66. The van der Waals surface area contributed by atoms with Crippen molar-refractivity contribution < 1.29 is 23.8 Å². The van der Waals surface area contributed by atoms with Crippen molar-refractivity contribution in [2.75, 3.05) is 46.3 Å². The van der Waals surface area contributed by atoms with Crippen molar-refractivity contribution in [3.8, 4) is 17.2 Å². The van der Waals surface area contributed by atoms with Crippen molar-refractivity contribution in [1.82, 2.24) is 9.80 Å². The van der Waals surface area contributed by atoms with Crippen LogP contribution in [0.3, 0.4) is 0 Å². The Hall–Kier alpha value is -3.98. The van der Waals surface area contributed by atoms with E-state index in [1.165, 1.54) is 9.78 Å². The SMILES string of the molecule is C=CCN(CC(=O)N(CCc1ccc(OC)c(OC)c1)Cc1ccc(C)s1)C(=O)Nc1cccc(OC)c1. The van der Waals surface area contributed by atoms with Crippen molar-refractivity contribution in [3.05, 3.63) is 82.6 Å². The van der Waals surface area contributed by atoms with Gasteiger partial charge in [0, 0.05) is 34.6 Å². The van der Waals surface area contributed by atoms with Gasteiger partial charge in [-0.25, -0.2) is 4.79 Å². The van der Waals surface area contributed by atoms with Crippen LogP contribution < -0.4 is 19.5 Å². The molecule has 3 rings (SSSR count). The van der Waals surface area contributed by atoms with Gasteiger partial charge in [-0.3, -0.25) is 4.79 Å². The van der Waals surface area contributed by atoms with E-state index in [2.05, 4.69) is 11.9 Å². The van der Waals surface area contributed by atoms with Crippen LogP contribution in [0.15, 0.2) is 67.3 Å². The summed E-state index contributed by atoms with van der Waals surface area (Å²) in [5.74, 6) is 1.77. The van der Waals surface area contributed by atoms with E-state index in [1.807, 2.05) is 37.3 Å². The minimum Gasteiger partial charge on any atom is -0.497 e. The summed E-state index contributed by atoms with van der Waals surface area (Å²) in [4.78, 5) is 32.1. The first-order valence-electron chi connectivity index (χ1n) is 12.2. The van der Waals surface area contributed by atoms with E-state index in [4.69, 9.17) is 14.2 Å². The standard InChI is InChI=1S/C29H35N3O5S/c1-6-15-32(29(34)30-23-8-7-9-24(18-23)35-3)20-28(33)31(19-25-12-10-21(2)38-25)16-14-22-11-13-26(36-4)27(17-22)37-5/h6-13,17-18H,1,14-16,19-20H2,2-5H3,(H,30,34). The van der Waals surface area contributed by atoms with E-state index in [1.54, 1.807) is 67.9 Å². The molecule has 0 spiro atoms. The summed E-state index contributed by atoms with van der Waals surface area (Å²) < 4.78 is 16.0. The van der Waals surface area contributed by atoms with Crippen LogP contribution in [0.2, 0.25) is 0 Å². The first-order chi connectivity index (χ1) is 18.4. The molecule has 1 heterocycles. The molecule has 9 heteroatoms. The number of nitrogens with zero attached hydrogens (tertiary/aromatic N) is 2. The van der Waals surface area contributed by atoms with Gasteiger partial charge in [-0.2, -0.15) is 0 Å². The molecular formula is C29H35N3O5S. The van der Waals surface area contributed by atoms with E-state index >= 15 is 0 Å². The number of anilines is 1. The highest BCUT2D eigenvalue weighted by molar-refractivity contribution is 7.11. The number of rotatable bonds is 13. The molecule has 3 amide bonds. The predicted octanol–water partition coefficient (Wildman–Crippen LogP) is 5.37. The fourth-order valence-corrected chi connectivity index (χ4v) is 4.80. The van der Waals surface area contributed by atoms with E-state index in [0.29, 0.717) is 42.4 Å². The molecule has 0 saturated heterocycles. The molecule has 0 aliphatic rings. The van der Waals surface area contributed by atoms with Gasteiger partial charge in [0.2, 0.25) is 5.91 Å². The minimum absolute atomic E-state index is 0.0852. The van der Waals surface area contributed by atoms with Crippen LogP contribution in [0.4, 0.5) is 10.5 Å². The quantitative estimate of drug-likeness (QED) is 0.297. The predicted molar refractivity (Wildman–Crippen MR) is 152 cm³/mol. The van der Waals surface area contributed by atoms with Gasteiger partial charge in [-0.1, -0.05) is 18.2 Å². The fraction of sp³-hybridized carbons (Fsp3) is 0.310. The molecule has 0 radical (unpaired) electrons. The van der Waals surface area contributed by atoms with Crippen molar-refractivity contribution in [2.24, 2.45) is 0 Å². The third-order valence-electron chi connectivity index (χ3n) is 5.90. The van der Waals surface area contributed by atoms with Gasteiger partial charge in [0.1, 0.15) is 12.3 Å². The second kappa shape index (κ2) is 14.1. The highest BCUT2D eigenvalue weighted by Gasteiger charge is 2.22. The van der Waals surface area contributed by atoms with Crippen molar-refractivity contribution in [3.63, 3.8) is 0 Å². The molecule has 2 aromatic carbocycles. The topological polar surface area (TPSA) is 80.3 Å². The molecule has 0 atom stereocenters. The van der Waals surface area contributed by atoms with Crippen molar-refractivity contribution in [1.29, 1.82) is 0 Å². The second-order valence-corrected chi connectivity index (χ2v) is 9.97. The third kappa shape index (κ3) is 8.01. The molecule has 38 heavy (non-hydrogen) atoms. The van der Waals surface area contributed by atoms with Crippen LogP contribution in [-0.4, -0.2) is 62.7 Å². The Morgan fingerprint density at radius 3 is 2.42 bits per heavy atom. The molecule has 0 aliphatic carbocycles. The zero-order valence-electron chi connectivity index (χ0n) is 22.4. The Morgan fingerprint density at radius 1 is 0.974 bits per heavy atom. The highest BCUT2D eigenvalue weighted by atomic mass is 32.1. The number of carbonyl (C=O) groups excluding carboxylic acids is 2. The Bertz CT molecular complexity index is 1240. The Kier molecular flexibility index (Phi) is 10.6. The number of hydrogen-bond donors (Lipinski definition) is 1. The molecule has 0 aliphatic heterocycles. The van der Waals surface area contributed by atoms with Gasteiger partial charge >= 0.3 is 6.03 Å². The minimum atomic E-state index is -0.390. The van der Waals surface area contributed by atoms with E-state index < -0.39 is 6.03 Å². The highest BCUT2D eigenvalue weighted by Crippen LogP contribution is 2.28. The van der Waals surface area contributed by atoms with Crippen LogP contribution in [0.25, 0.3) is 0 Å². The summed E-state index contributed by atoms with van der Waals surface area (Å²) in [5, 5.41) is 2.84. The van der Waals surface area contributed by atoms with Crippen LogP contribution in [0.5, 0.6) is 17.2 Å². The summed E-state index contributed by atoms with van der Waals surface area (Å²) in [7, 11) is 4.76. The monoisotopic (exact) mass is 537 g/mol. The number of benzene rings is 2. The lowest BCUT2D eigenvalue weighted by Gasteiger charge is -2.27. The largest absolute Gasteiger partial charge is 0.497 e. The number of amides is 3. The summed E-state index contributed by atoms with van der Waals surface area (Å²) in [6.45, 7) is 6.88. The van der Waals surface area contributed by atoms with Crippen LogP contribution >= 0.6 is 11.3 Å². The van der Waals surface area contributed by atoms with E-state index in [9.17, 15) is 9.59 Å². The zero-order valence-corrected chi connectivity index (χ0v) is 23.2. The second-order valence-electron chi connectivity index (χ2n) is 8.60. The lowest BCUT2D eigenvalue weighted by atomic mass is 10.1. The smallest absolute Gasteiger partial charge is 0.322 e. The van der Waals surface area contributed by atoms with E-state index in [0.717, 1.165) is 10.4 Å². The number of aryl methyl sites for hydroxylation is 1. The third-order valence-corrected chi connectivity index (χ3v) is 6.88. The maximum atomic E-state index is 13.6. The maximum absolute atomic E-state index is 13.6. The van der Waals surface area contributed by atoms with Crippen LogP contribution in [0, 0.1) is 6.92 Å². The molecule has 0 fully saturated rings. The number of urea groups is 1. The lowest BCUT2D eigenvalue weighted by Crippen LogP contribution is -2.44. The van der Waals surface area contributed by atoms with Crippen LogP contribution in [0.1, 0.15) is 15.3 Å². The average molecular weight is 538 g/mol. The summed E-state index contributed by atoms with van der Waals surface area (Å²) in [6, 6.07) is 16.5. The van der Waals surface area contributed by atoms with Gasteiger partial charge < -0.3 is 29.3 Å². The molecule has 0 saturated carbocycles. The summed E-state index contributed by atoms with van der Waals surface area (Å²) in [5.41, 5.74) is 1.59. The molecule has 202 valence electrons. The number of ether oxygens (including phenoxy) is 3. The van der Waals surface area contributed by atoms with Gasteiger partial charge in [0.15, 0.2) is 11.5 Å². The number of methoxy groups -OCH3 is 3. The Balaban J connectivity index is 1.74. The van der Waals surface area contributed by atoms with Crippen molar-refractivity contribution in [2.45, 2.75) is 19.9 Å². The fourth-order valence-electron chi connectivity index (χ4n) is 3.89. The van der Waals surface area contributed by atoms with E-state index in [-0.39, 0.29) is 19.0 Å². The van der Waals surface area contributed by atoms with Gasteiger partial charge in [0.25, 0.3) is 0 Å². The number of thiophene rings is 1. The molecule has 1 aromatic heterocycles.